The molecule has 98 valence electrons. The molecule has 1 unspecified atom stereocenters. The summed E-state index contributed by atoms with van der Waals surface area (Å²) in [7, 11) is 0. The van der Waals surface area contributed by atoms with Crippen LogP contribution in [0.1, 0.15) is 51.4 Å². The van der Waals surface area contributed by atoms with Gasteiger partial charge in [0.05, 0.1) is 6.10 Å². The molecule has 0 aromatic heterocycles. The molecule has 0 bridgehead atoms. The maximum absolute atomic E-state index is 11.8. The van der Waals surface area contributed by atoms with Crippen LogP contribution in [0.25, 0.3) is 0 Å². The van der Waals surface area contributed by atoms with Gasteiger partial charge >= 0.3 is 0 Å². The van der Waals surface area contributed by atoms with Gasteiger partial charge in [0, 0.05) is 25.1 Å². The second kappa shape index (κ2) is 6.36. The second-order valence-electron chi connectivity index (χ2n) is 5.30. The van der Waals surface area contributed by atoms with Crippen molar-refractivity contribution in [3.05, 3.63) is 0 Å². The first-order valence-corrected chi connectivity index (χ1v) is 6.92. The minimum Gasteiger partial charge on any atom is -0.378 e. The zero-order valence-electron chi connectivity index (χ0n) is 10.5. The van der Waals surface area contributed by atoms with Crippen molar-refractivity contribution in [3.63, 3.8) is 0 Å². The molecule has 2 fully saturated rings. The predicted molar refractivity (Wildman–Crippen MR) is 66.6 cm³/mol. The van der Waals surface area contributed by atoms with E-state index in [-0.39, 0.29) is 18.0 Å². The lowest BCUT2D eigenvalue weighted by atomic mass is 9.91. The highest BCUT2D eigenvalue weighted by molar-refractivity contribution is 5.76. The summed E-state index contributed by atoms with van der Waals surface area (Å²) >= 11 is 0. The normalized spacial score (nSPS) is 33.6. The van der Waals surface area contributed by atoms with Gasteiger partial charge in [0.25, 0.3) is 0 Å². The molecule has 0 aromatic rings. The van der Waals surface area contributed by atoms with Gasteiger partial charge in [0.15, 0.2) is 0 Å². The van der Waals surface area contributed by atoms with Gasteiger partial charge < -0.3 is 15.8 Å². The van der Waals surface area contributed by atoms with E-state index in [1.54, 1.807) is 0 Å². The first kappa shape index (κ1) is 12.8. The Kier molecular flexibility index (Phi) is 4.80. The Labute approximate surface area is 103 Å². The highest BCUT2D eigenvalue weighted by Gasteiger charge is 2.24. The van der Waals surface area contributed by atoms with Gasteiger partial charge in [-0.25, -0.2) is 0 Å². The van der Waals surface area contributed by atoms with Gasteiger partial charge in [-0.1, -0.05) is 12.8 Å². The molecule has 1 amide bonds. The highest BCUT2D eigenvalue weighted by Crippen LogP contribution is 2.18. The van der Waals surface area contributed by atoms with E-state index in [4.69, 9.17) is 10.5 Å². The summed E-state index contributed by atoms with van der Waals surface area (Å²) < 4.78 is 5.51. The molecule has 4 heteroatoms. The second-order valence-corrected chi connectivity index (χ2v) is 5.30. The van der Waals surface area contributed by atoms with Crippen molar-refractivity contribution < 1.29 is 9.53 Å². The van der Waals surface area contributed by atoms with Crippen LogP contribution in [-0.4, -0.2) is 30.7 Å². The molecule has 3 N–H and O–H groups in total. The third-order valence-corrected chi connectivity index (χ3v) is 3.88. The van der Waals surface area contributed by atoms with Crippen molar-refractivity contribution in [1.29, 1.82) is 0 Å². The maximum atomic E-state index is 11.8. The quantitative estimate of drug-likeness (QED) is 0.779. The van der Waals surface area contributed by atoms with E-state index in [0.29, 0.717) is 12.5 Å². The first-order chi connectivity index (χ1) is 8.25. The average Bonchev–Trinajstić information content (AvgIpc) is 2.82. The summed E-state index contributed by atoms with van der Waals surface area (Å²) in [4.78, 5) is 11.8. The first-order valence-electron chi connectivity index (χ1n) is 6.92. The number of carbonyl (C=O) groups excluding carboxylic acids is 1. The number of carbonyl (C=O) groups is 1. The number of nitrogens with two attached hydrogens (primary N) is 1. The lowest BCUT2D eigenvalue weighted by Crippen LogP contribution is -2.49. The van der Waals surface area contributed by atoms with Gasteiger partial charge in [0.2, 0.25) is 5.91 Å². The number of hydrogen-bond donors (Lipinski definition) is 2. The summed E-state index contributed by atoms with van der Waals surface area (Å²) in [5.74, 6) is 0.142. The third-order valence-electron chi connectivity index (χ3n) is 3.88. The fraction of sp³-hybridized carbons (Fsp3) is 0.923. The van der Waals surface area contributed by atoms with Crippen molar-refractivity contribution in [3.8, 4) is 0 Å². The Morgan fingerprint density at radius 3 is 2.76 bits per heavy atom. The number of amides is 1. The maximum Gasteiger partial charge on any atom is 0.220 e. The molecule has 1 aliphatic heterocycles. The molecule has 0 radical (unpaired) electrons. The van der Waals surface area contributed by atoms with Crippen molar-refractivity contribution in [1.82, 2.24) is 5.32 Å². The topological polar surface area (TPSA) is 64.3 Å². The van der Waals surface area contributed by atoms with Crippen molar-refractivity contribution >= 4 is 5.91 Å². The Balaban J connectivity index is 1.65. The van der Waals surface area contributed by atoms with Crippen molar-refractivity contribution in [2.24, 2.45) is 5.73 Å². The van der Waals surface area contributed by atoms with Crippen LogP contribution in [0.15, 0.2) is 0 Å². The van der Waals surface area contributed by atoms with Crippen LogP contribution in [0.3, 0.4) is 0 Å². The van der Waals surface area contributed by atoms with Gasteiger partial charge in [-0.3, -0.25) is 4.79 Å². The molecule has 0 spiro atoms. The third kappa shape index (κ3) is 3.96. The summed E-state index contributed by atoms with van der Waals surface area (Å²) in [6.07, 6.45) is 8.44. The molecule has 2 aliphatic rings. The van der Waals surface area contributed by atoms with Crippen molar-refractivity contribution in [2.75, 3.05) is 6.61 Å². The number of rotatable bonds is 4. The minimum atomic E-state index is 0.142. The SMILES string of the molecule is N[C@@H]1CCCC[C@H]1NC(=O)CCC1CCCO1. The van der Waals surface area contributed by atoms with E-state index in [2.05, 4.69) is 5.32 Å². The molecule has 1 aliphatic carbocycles. The predicted octanol–water partition coefficient (Wildman–Crippen LogP) is 1.33. The molecule has 3 atom stereocenters. The van der Waals surface area contributed by atoms with Crippen LogP contribution in [0.4, 0.5) is 0 Å². The van der Waals surface area contributed by atoms with Crippen LogP contribution < -0.4 is 11.1 Å². The molecule has 0 aromatic carbocycles. The van der Waals surface area contributed by atoms with E-state index in [1.807, 2.05) is 0 Å². The van der Waals surface area contributed by atoms with Gasteiger partial charge in [-0.2, -0.15) is 0 Å². The smallest absolute Gasteiger partial charge is 0.220 e. The summed E-state index contributed by atoms with van der Waals surface area (Å²) in [6.45, 7) is 0.861. The zero-order chi connectivity index (χ0) is 12.1. The van der Waals surface area contributed by atoms with Crippen LogP contribution in [0.5, 0.6) is 0 Å². The number of ether oxygens (including phenoxy) is 1. The molecule has 1 saturated carbocycles. The highest BCUT2D eigenvalue weighted by atomic mass is 16.5. The van der Waals surface area contributed by atoms with E-state index >= 15 is 0 Å². The molecule has 2 rings (SSSR count). The number of hydrogen-bond acceptors (Lipinski definition) is 3. The summed E-state index contributed by atoms with van der Waals surface area (Å²) in [6, 6.07) is 0.344. The Hall–Kier alpha value is -0.610. The Bertz CT molecular complexity index is 252. The van der Waals surface area contributed by atoms with E-state index in [1.165, 1.54) is 12.8 Å². The monoisotopic (exact) mass is 240 g/mol. The van der Waals surface area contributed by atoms with Crippen LogP contribution >= 0.6 is 0 Å². The van der Waals surface area contributed by atoms with E-state index in [9.17, 15) is 4.79 Å². The van der Waals surface area contributed by atoms with Gasteiger partial charge in [0.1, 0.15) is 0 Å². The molecule has 1 saturated heterocycles. The standard InChI is InChI=1S/C13H24N2O2/c14-11-5-1-2-6-12(11)15-13(16)8-7-10-4-3-9-17-10/h10-12H,1-9,14H2,(H,15,16)/t10?,11-,12-/m1/s1. The molecule has 17 heavy (non-hydrogen) atoms. The van der Waals surface area contributed by atoms with Crippen LogP contribution in [0.2, 0.25) is 0 Å². The fourth-order valence-electron chi connectivity index (χ4n) is 2.78. The number of nitrogens with one attached hydrogen (secondary N) is 1. The Morgan fingerprint density at radius 1 is 1.24 bits per heavy atom. The fourth-order valence-corrected chi connectivity index (χ4v) is 2.78. The minimum absolute atomic E-state index is 0.142. The van der Waals surface area contributed by atoms with Crippen LogP contribution in [0, 0.1) is 0 Å². The van der Waals surface area contributed by atoms with Gasteiger partial charge in [-0.15, -0.1) is 0 Å². The van der Waals surface area contributed by atoms with E-state index in [0.717, 1.165) is 38.7 Å². The molecule has 4 nitrogen and oxygen atoms in total. The largest absolute Gasteiger partial charge is 0.378 e. The molecule has 1 heterocycles. The molecular formula is C13H24N2O2. The summed E-state index contributed by atoms with van der Waals surface area (Å²) in [5.41, 5.74) is 6.01. The van der Waals surface area contributed by atoms with E-state index < -0.39 is 0 Å². The lowest BCUT2D eigenvalue weighted by molar-refractivity contribution is -0.122. The zero-order valence-corrected chi connectivity index (χ0v) is 10.5. The summed E-state index contributed by atoms with van der Waals surface area (Å²) in [5, 5.41) is 3.07. The average molecular weight is 240 g/mol. The van der Waals surface area contributed by atoms with Crippen molar-refractivity contribution in [2.45, 2.75) is 69.6 Å². The Morgan fingerprint density at radius 2 is 2.06 bits per heavy atom. The van der Waals surface area contributed by atoms with Gasteiger partial charge in [-0.05, 0) is 32.1 Å². The van der Waals surface area contributed by atoms with Crippen LogP contribution in [-0.2, 0) is 9.53 Å². The molecular weight excluding hydrogens is 216 g/mol. The lowest BCUT2D eigenvalue weighted by Gasteiger charge is -2.29.